The molecule has 13 nitrogen and oxygen atoms in total. The lowest BCUT2D eigenvalue weighted by Crippen LogP contribution is -2.63. The largest absolute Gasteiger partial charge is 0.497 e. The van der Waals surface area contributed by atoms with Crippen molar-refractivity contribution in [3.05, 3.63) is 29.8 Å². The molecule has 226 valence electrons. The molecule has 0 amide bonds. The van der Waals surface area contributed by atoms with E-state index in [0.29, 0.717) is 11.5 Å². The van der Waals surface area contributed by atoms with Gasteiger partial charge in [0.2, 0.25) is 4.93 Å². The molecule has 1 saturated heterocycles. The Kier molecular flexibility index (Phi) is 12.6. The van der Waals surface area contributed by atoms with Crippen LogP contribution in [0.4, 0.5) is 0 Å². The van der Waals surface area contributed by atoms with E-state index in [-0.39, 0.29) is 12.0 Å². The minimum atomic E-state index is -1.90. The predicted octanol–water partition coefficient (Wildman–Crippen LogP) is 2.02. The summed E-state index contributed by atoms with van der Waals surface area (Å²) in [6.45, 7) is 5.02. The van der Waals surface area contributed by atoms with Crippen LogP contribution in [0, 0.1) is 0 Å². The van der Waals surface area contributed by atoms with Gasteiger partial charge in [-0.3, -0.25) is 24.0 Å². The van der Waals surface area contributed by atoms with Crippen LogP contribution in [0.5, 0.6) is 5.75 Å². The number of Topliss-reactive ketones (excluding diaryl/α,β-unsaturated/α-hetero) is 1. The first-order chi connectivity index (χ1) is 19.3. The summed E-state index contributed by atoms with van der Waals surface area (Å²) < 4.78 is 37.9. The van der Waals surface area contributed by atoms with E-state index in [2.05, 4.69) is 0 Å². The number of carbonyl (C=O) groups excluding carboxylic acids is 6. The second kappa shape index (κ2) is 15.4. The number of rotatable bonds is 13. The Hall–Kier alpha value is -3.65. The van der Waals surface area contributed by atoms with Crippen LogP contribution in [0.25, 0.3) is 0 Å². The molecular formula is C27H34O13S. The molecule has 1 fully saturated rings. The molecule has 0 saturated carbocycles. The van der Waals surface area contributed by atoms with Crippen LogP contribution in [-0.2, 0) is 52.4 Å². The van der Waals surface area contributed by atoms with Crippen LogP contribution in [0.15, 0.2) is 24.3 Å². The third kappa shape index (κ3) is 9.74. The van der Waals surface area contributed by atoms with Gasteiger partial charge in [-0.15, -0.1) is 11.8 Å². The summed E-state index contributed by atoms with van der Waals surface area (Å²) >= 11 is 0.972. The maximum absolute atomic E-state index is 13.6. The molecule has 1 heterocycles. The Bertz CT molecular complexity index is 1120. The number of ether oxygens (including phenoxy) is 7. The van der Waals surface area contributed by atoms with Crippen molar-refractivity contribution in [1.82, 2.24) is 0 Å². The average Bonchev–Trinajstić information content (AvgIpc) is 2.90. The molecule has 0 bridgehead atoms. The number of benzene rings is 1. The number of esters is 5. The molecule has 2 unspecified atom stereocenters. The molecule has 1 aromatic rings. The third-order valence-electron chi connectivity index (χ3n) is 5.68. The second-order valence-corrected chi connectivity index (χ2v) is 10.4. The maximum atomic E-state index is 13.6. The van der Waals surface area contributed by atoms with Crippen LogP contribution in [0.1, 0.15) is 51.4 Å². The van der Waals surface area contributed by atoms with Gasteiger partial charge in [-0.25, -0.2) is 4.79 Å². The van der Waals surface area contributed by atoms with Crippen molar-refractivity contribution in [2.75, 3.05) is 26.1 Å². The van der Waals surface area contributed by atoms with Crippen LogP contribution >= 0.6 is 11.8 Å². The SMILES string of the molecule is CCSC1(C(=O)OCC(=O)c2ccc(OC)cc2)C[C@@H](OC(C)=O)[C@@H](OC(C)=O)C([C@@H](COC(C)=O)OC(C)=O)O1. The maximum Gasteiger partial charge on any atom is 0.349 e. The zero-order valence-electron chi connectivity index (χ0n) is 23.7. The highest BCUT2D eigenvalue weighted by Gasteiger charge is 2.58. The summed E-state index contributed by atoms with van der Waals surface area (Å²) in [5, 5.41) is 0. The van der Waals surface area contributed by atoms with Crippen molar-refractivity contribution in [3.63, 3.8) is 0 Å². The second-order valence-electron chi connectivity index (χ2n) is 8.87. The summed E-state index contributed by atoms with van der Waals surface area (Å²) in [6.07, 6.45) is -5.81. The molecular weight excluding hydrogens is 564 g/mol. The quantitative estimate of drug-likeness (QED) is 0.184. The fourth-order valence-electron chi connectivity index (χ4n) is 4.10. The van der Waals surface area contributed by atoms with Gasteiger partial charge in [0.05, 0.1) is 7.11 Å². The van der Waals surface area contributed by atoms with Gasteiger partial charge < -0.3 is 33.2 Å². The highest BCUT2D eigenvalue weighted by atomic mass is 32.2. The Morgan fingerprint density at radius 2 is 1.56 bits per heavy atom. The molecule has 0 N–H and O–H groups in total. The zero-order chi connectivity index (χ0) is 30.7. The van der Waals surface area contributed by atoms with Gasteiger partial charge in [0.15, 0.2) is 24.6 Å². The van der Waals surface area contributed by atoms with Crippen molar-refractivity contribution in [2.45, 2.75) is 70.4 Å². The lowest BCUT2D eigenvalue weighted by Gasteiger charge is -2.47. The first kappa shape index (κ1) is 33.6. The Morgan fingerprint density at radius 3 is 2.07 bits per heavy atom. The summed E-state index contributed by atoms with van der Waals surface area (Å²) in [5.41, 5.74) is 0.266. The zero-order valence-corrected chi connectivity index (χ0v) is 24.5. The molecule has 14 heteroatoms. The van der Waals surface area contributed by atoms with E-state index in [1.165, 1.54) is 19.2 Å². The topological polar surface area (TPSA) is 167 Å². The third-order valence-corrected chi connectivity index (χ3v) is 6.86. The molecule has 1 aliphatic rings. The van der Waals surface area contributed by atoms with Crippen LogP contribution in [0.2, 0.25) is 0 Å². The van der Waals surface area contributed by atoms with Gasteiger partial charge >= 0.3 is 29.8 Å². The van der Waals surface area contributed by atoms with Crippen LogP contribution in [0.3, 0.4) is 0 Å². The monoisotopic (exact) mass is 598 g/mol. The molecule has 1 aromatic carbocycles. The van der Waals surface area contributed by atoms with Gasteiger partial charge in [-0.05, 0) is 30.0 Å². The Balaban J connectivity index is 2.46. The number of carbonyl (C=O) groups is 6. The molecule has 0 spiro atoms. The Labute approximate surface area is 241 Å². The normalized spacial score (nSPS) is 22.4. The van der Waals surface area contributed by atoms with Crippen molar-refractivity contribution in [2.24, 2.45) is 0 Å². The number of thioether (sulfide) groups is 1. The molecule has 1 aliphatic heterocycles. The fraction of sp³-hybridized carbons (Fsp3) is 0.556. The summed E-state index contributed by atoms with van der Waals surface area (Å²) in [4.78, 5) is 72.0. The predicted molar refractivity (Wildman–Crippen MR) is 142 cm³/mol. The lowest BCUT2D eigenvalue weighted by atomic mass is 9.93. The van der Waals surface area contributed by atoms with Gasteiger partial charge in [-0.2, -0.15) is 0 Å². The van der Waals surface area contributed by atoms with Gasteiger partial charge in [0, 0.05) is 39.7 Å². The highest BCUT2D eigenvalue weighted by molar-refractivity contribution is 8.01. The van der Waals surface area contributed by atoms with Crippen molar-refractivity contribution in [1.29, 1.82) is 0 Å². The van der Waals surface area contributed by atoms with Crippen LogP contribution in [-0.4, -0.2) is 91.1 Å². The van der Waals surface area contributed by atoms with E-state index in [0.717, 1.165) is 39.5 Å². The number of ketones is 1. The lowest BCUT2D eigenvalue weighted by molar-refractivity contribution is -0.241. The summed E-state index contributed by atoms with van der Waals surface area (Å²) in [7, 11) is 1.48. The number of hydrogen-bond acceptors (Lipinski definition) is 14. The van der Waals surface area contributed by atoms with E-state index >= 15 is 0 Å². The standard InChI is InChI=1S/C27H34O13S/c1-7-41-27(26(33)36-13-21(32)19-8-10-20(34-6)11-9-19)12-22(37-16(3)29)24(39-18(5)31)25(40-27)23(38-17(4)30)14-35-15(2)28/h8-11,22-25H,7,12-14H2,1-6H3/t22-,23-,24-,25?,27?/m1/s1. The van der Waals surface area contributed by atoms with E-state index in [9.17, 15) is 28.8 Å². The van der Waals surface area contributed by atoms with Gasteiger partial charge in [0.25, 0.3) is 0 Å². The molecule has 5 atom stereocenters. The highest BCUT2D eigenvalue weighted by Crippen LogP contribution is 2.43. The van der Waals surface area contributed by atoms with Gasteiger partial charge in [0.1, 0.15) is 24.6 Å². The minimum Gasteiger partial charge on any atom is -0.497 e. The van der Waals surface area contributed by atoms with E-state index in [1.54, 1.807) is 19.1 Å². The van der Waals surface area contributed by atoms with E-state index in [4.69, 9.17) is 33.2 Å². The molecule has 0 aromatic heterocycles. The molecule has 41 heavy (non-hydrogen) atoms. The average molecular weight is 599 g/mol. The summed E-state index contributed by atoms with van der Waals surface area (Å²) in [6, 6.07) is 6.18. The number of hydrogen-bond donors (Lipinski definition) is 0. The minimum absolute atomic E-state index is 0.266. The smallest absolute Gasteiger partial charge is 0.349 e. The molecule has 0 radical (unpaired) electrons. The summed E-state index contributed by atoms with van der Waals surface area (Å²) in [5.74, 6) is -3.69. The number of methoxy groups -OCH3 is 1. The first-order valence-corrected chi connectivity index (χ1v) is 13.6. The van der Waals surface area contributed by atoms with E-state index in [1.807, 2.05) is 0 Å². The van der Waals surface area contributed by atoms with Crippen molar-refractivity contribution >= 4 is 47.4 Å². The van der Waals surface area contributed by atoms with Crippen LogP contribution < -0.4 is 4.74 Å². The van der Waals surface area contributed by atoms with Crippen molar-refractivity contribution in [3.8, 4) is 5.75 Å². The van der Waals surface area contributed by atoms with E-state index < -0.39 is 78.2 Å². The Morgan fingerprint density at radius 1 is 0.927 bits per heavy atom. The van der Waals surface area contributed by atoms with Gasteiger partial charge in [-0.1, -0.05) is 6.92 Å². The fourth-order valence-corrected chi connectivity index (χ4v) is 5.20. The molecule has 2 rings (SSSR count). The first-order valence-electron chi connectivity index (χ1n) is 12.6. The molecule has 0 aliphatic carbocycles. The van der Waals surface area contributed by atoms with Crippen molar-refractivity contribution < 1.29 is 61.9 Å².